The molecular weight excluding hydrogens is 516 g/mol. The zero-order valence-corrected chi connectivity index (χ0v) is 22.3. The Morgan fingerprint density at radius 1 is 1.11 bits per heavy atom. The highest BCUT2D eigenvalue weighted by atomic mass is 35.5. The number of aromatic nitrogens is 3. The molecule has 0 aliphatic carbocycles. The molecule has 0 amide bonds. The van der Waals surface area contributed by atoms with E-state index in [9.17, 15) is 9.59 Å². The number of thiophene rings is 1. The molecule has 1 aromatic carbocycles. The minimum atomic E-state index is -0.397. The van der Waals surface area contributed by atoms with Crippen LogP contribution < -0.4 is 25.5 Å². The summed E-state index contributed by atoms with van der Waals surface area (Å²) >= 11 is 1.28. The summed E-state index contributed by atoms with van der Waals surface area (Å²) in [6.45, 7) is 3.95. The summed E-state index contributed by atoms with van der Waals surface area (Å²) in [6, 6.07) is 7.72. The highest BCUT2D eigenvalue weighted by molar-refractivity contribution is 7.25. The van der Waals surface area contributed by atoms with E-state index in [-0.39, 0.29) is 18.0 Å². The maximum atomic E-state index is 13.2. The molecule has 6 rings (SSSR count). The highest BCUT2D eigenvalue weighted by Gasteiger charge is 2.40. The predicted molar refractivity (Wildman–Crippen MR) is 146 cm³/mol. The Balaban J connectivity index is 0.00000280. The smallest absolute Gasteiger partial charge is 0.328 e. The van der Waals surface area contributed by atoms with E-state index in [1.807, 2.05) is 18.2 Å². The zero-order valence-electron chi connectivity index (χ0n) is 20.7. The first kappa shape index (κ1) is 25.6. The van der Waals surface area contributed by atoms with Crippen molar-refractivity contribution in [3.05, 3.63) is 56.9 Å². The summed E-state index contributed by atoms with van der Waals surface area (Å²) in [7, 11) is 3.27. The molecule has 2 aliphatic rings. The molecule has 0 spiro atoms. The molecule has 1 fully saturated rings. The Bertz CT molecular complexity index is 1550. The number of rotatable bonds is 7. The lowest BCUT2D eigenvalue weighted by atomic mass is 9.86. The van der Waals surface area contributed by atoms with Gasteiger partial charge in [-0.3, -0.25) is 9.36 Å². The number of ether oxygens (including phenoxy) is 3. The molecule has 3 aromatic heterocycles. The van der Waals surface area contributed by atoms with Crippen LogP contribution in [-0.4, -0.2) is 59.9 Å². The molecule has 37 heavy (non-hydrogen) atoms. The van der Waals surface area contributed by atoms with E-state index in [1.165, 1.54) is 21.5 Å². The van der Waals surface area contributed by atoms with E-state index in [0.29, 0.717) is 44.6 Å². The lowest BCUT2D eigenvalue weighted by molar-refractivity contribution is 0.209. The van der Waals surface area contributed by atoms with Crippen molar-refractivity contribution in [1.29, 1.82) is 0 Å². The molecule has 5 heterocycles. The van der Waals surface area contributed by atoms with E-state index in [1.54, 1.807) is 26.5 Å². The minimum Gasteiger partial charge on any atom is -0.496 e. The highest BCUT2D eigenvalue weighted by Crippen LogP contribution is 2.46. The molecule has 2 aliphatic heterocycles. The number of methoxy groups -OCH3 is 2. The molecule has 0 bridgehead atoms. The van der Waals surface area contributed by atoms with Gasteiger partial charge in [-0.05, 0) is 37.6 Å². The van der Waals surface area contributed by atoms with Crippen molar-refractivity contribution < 1.29 is 14.2 Å². The van der Waals surface area contributed by atoms with Gasteiger partial charge in [0, 0.05) is 43.2 Å². The second-order valence-electron chi connectivity index (χ2n) is 9.40. The number of pyridine rings is 1. The van der Waals surface area contributed by atoms with Gasteiger partial charge in [0.2, 0.25) is 0 Å². The fraction of sp³-hybridized carbons (Fsp3) is 0.423. The standard InChI is InChI=1S/C26H28N4O5S.ClH/c1-33-17-6-5-7-19-20(17)16-13-29(12-15(16)14-35-19)10-3-4-11-30-25(31)23-22(28-26(30)32)21-18(34-2)8-9-27-24(21)36-23;/h5-9,15-16H,3-4,10-14H2,1-2H3,(H,28,32);1H/t15-,16-;/m1./s1. The third kappa shape index (κ3) is 4.36. The Kier molecular flexibility index (Phi) is 7.15. The van der Waals surface area contributed by atoms with Gasteiger partial charge in [-0.15, -0.1) is 23.7 Å². The van der Waals surface area contributed by atoms with Gasteiger partial charge in [0.1, 0.15) is 26.8 Å². The largest absolute Gasteiger partial charge is 0.496 e. The van der Waals surface area contributed by atoms with Gasteiger partial charge in [0.25, 0.3) is 5.56 Å². The number of unbranched alkanes of at least 4 members (excludes halogenated alkanes) is 1. The molecule has 9 nitrogen and oxygen atoms in total. The zero-order chi connectivity index (χ0) is 24.8. The van der Waals surface area contributed by atoms with E-state index in [0.717, 1.165) is 50.6 Å². The van der Waals surface area contributed by atoms with Crippen molar-refractivity contribution >= 4 is 44.2 Å². The number of hydrogen-bond acceptors (Lipinski definition) is 8. The van der Waals surface area contributed by atoms with E-state index < -0.39 is 5.69 Å². The van der Waals surface area contributed by atoms with Crippen LogP contribution in [-0.2, 0) is 6.54 Å². The van der Waals surface area contributed by atoms with Crippen LogP contribution in [0.3, 0.4) is 0 Å². The van der Waals surface area contributed by atoms with Crippen LogP contribution >= 0.6 is 23.7 Å². The first-order chi connectivity index (χ1) is 17.6. The fourth-order valence-electron chi connectivity index (χ4n) is 5.66. The van der Waals surface area contributed by atoms with Crippen molar-refractivity contribution in [3.63, 3.8) is 0 Å². The van der Waals surface area contributed by atoms with Crippen LogP contribution in [0, 0.1) is 5.92 Å². The van der Waals surface area contributed by atoms with Crippen molar-refractivity contribution in [2.75, 3.05) is 40.5 Å². The van der Waals surface area contributed by atoms with Gasteiger partial charge in [0.15, 0.2) is 0 Å². The van der Waals surface area contributed by atoms with Gasteiger partial charge in [0.05, 0.1) is 31.7 Å². The second-order valence-corrected chi connectivity index (χ2v) is 10.4. The van der Waals surface area contributed by atoms with Crippen molar-refractivity contribution in [2.45, 2.75) is 25.3 Å². The first-order valence-corrected chi connectivity index (χ1v) is 13.0. The molecule has 0 radical (unpaired) electrons. The molecule has 11 heteroatoms. The molecular formula is C26H29ClN4O5S. The Hall–Kier alpha value is -3.08. The summed E-state index contributed by atoms with van der Waals surface area (Å²) in [5, 5.41) is 0.680. The summed E-state index contributed by atoms with van der Waals surface area (Å²) in [5.74, 6) is 3.26. The lowest BCUT2D eigenvalue weighted by Gasteiger charge is -2.29. The van der Waals surface area contributed by atoms with Gasteiger partial charge in [-0.25, -0.2) is 9.78 Å². The third-order valence-corrected chi connectivity index (χ3v) is 8.47. The number of aromatic amines is 1. The molecule has 1 N–H and O–H groups in total. The van der Waals surface area contributed by atoms with Crippen LogP contribution in [0.25, 0.3) is 20.4 Å². The van der Waals surface area contributed by atoms with Crippen LogP contribution in [0.1, 0.15) is 24.3 Å². The van der Waals surface area contributed by atoms with Gasteiger partial charge >= 0.3 is 5.69 Å². The number of nitrogens with zero attached hydrogens (tertiary/aromatic N) is 3. The first-order valence-electron chi connectivity index (χ1n) is 12.2. The van der Waals surface area contributed by atoms with Gasteiger partial charge in [-0.2, -0.15) is 0 Å². The second kappa shape index (κ2) is 10.4. The quantitative estimate of drug-likeness (QED) is 0.355. The monoisotopic (exact) mass is 544 g/mol. The maximum Gasteiger partial charge on any atom is 0.328 e. The number of halogens is 1. The van der Waals surface area contributed by atoms with Crippen molar-refractivity contribution in [3.8, 4) is 17.2 Å². The number of benzene rings is 1. The molecule has 196 valence electrons. The predicted octanol–water partition coefficient (Wildman–Crippen LogP) is 3.63. The number of nitrogens with one attached hydrogen (secondary N) is 1. The molecule has 4 aromatic rings. The SMILES string of the molecule is COc1cccc2c1[C@@H]1CN(CCCCn3c(=O)[nH]c4c(sc5nccc(OC)c54)c3=O)C[C@@H]1CO2.Cl. The van der Waals surface area contributed by atoms with Crippen LogP contribution in [0.4, 0.5) is 0 Å². The van der Waals surface area contributed by atoms with Crippen molar-refractivity contribution in [1.82, 2.24) is 19.4 Å². The topological polar surface area (TPSA) is 98.7 Å². The van der Waals surface area contributed by atoms with E-state index in [2.05, 4.69) is 14.9 Å². The van der Waals surface area contributed by atoms with Gasteiger partial charge < -0.3 is 24.1 Å². The van der Waals surface area contributed by atoms with E-state index >= 15 is 0 Å². The summed E-state index contributed by atoms with van der Waals surface area (Å²) in [4.78, 5) is 36.3. The Morgan fingerprint density at radius 3 is 2.73 bits per heavy atom. The summed E-state index contributed by atoms with van der Waals surface area (Å²) in [6.07, 6.45) is 3.27. The van der Waals surface area contributed by atoms with Crippen molar-refractivity contribution in [2.24, 2.45) is 5.92 Å². The van der Waals surface area contributed by atoms with Crippen LogP contribution in [0.2, 0.25) is 0 Å². The number of fused-ring (bicyclic) bond motifs is 6. The number of likely N-dealkylation sites (tertiary alicyclic amines) is 1. The molecule has 1 saturated heterocycles. The molecule has 0 saturated carbocycles. The molecule has 2 atom stereocenters. The Labute approximate surface area is 223 Å². The lowest BCUT2D eigenvalue weighted by Crippen LogP contribution is -2.34. The summed E-state index contributed by atoms with van der Waals surface area (Å²) in [5.41, 5.74) is 1.02. The maximum absolute atomic E-state index is 13.2. The van der Waals surface area contributed by atoms with Crippen LogP contribution in [0.15, 0.2) is 40.1 Å². The van der Waals surface area contributed by atoms with Crippen LogP contribution in [0.5, 0.6) is 17.2 Å². The number of hydrogen-bond donors (Lipinski definition) is 1. The van der Waals surface area contributed by atoms with Gasteiger partial charge in [-0.1, -0.05) is 6.07 Å². The minimum absolute atomic E-state index is 0. The average Bonchev–Trinajstić information content (AvgIpc) is 3.49. The number of H-pyrrole nitrogens is 1. The fourth-order valence-corrected chi connectivity index (χ4v) is 6.73. The van der Waals surface area contributed by atoms with E-state index in [4.69, 9.17) is 14.2 Å². The average molecular weight is 545 g/mol. The Morgan fingerprint density at radius 2 is 1.92 bits per heavy atom. The summed E-state index contributed by atoms with van der Waals surface area (Å²) < 4.78 is 18.9. The third-order valence-electron chi connectivity index (χ3n) is 7.38. The normalized spacial score (nSPS) is 18.8. The molecule has 0 unspecified atom stereocenters.